The van der Waals surface area contributed by atoms with Crippen molar-refractivity contribution in [3.8, 4) is 17.2 Å². The molecule has 12 nitrogen and oxygen atoms in total. The minimum Gasteiger partial charge on any atom is -0.345 e. The first-order chi connectivity index (χ1) is 20.2. The zero-order chi connectivity index (χ0) is 29.8. The van der Waals surface area contributed by atoms with Crippen LogP contribution in [0.2, 0.25) is 0 Å². The van der Waals surface area contributed by atoms with E-state index in [0.717, 1.165) is 35.1 Å². The van der Waals surface area contributed by atoms with Crippen molar-refractivity contribution < 1.29 is 14.4 Å². The van der Waals surface area contributed by atoms with Gasteiger partial charge < -0.3 is 20.0 Å². The summed E-state index contributed by atoms with van der Waals surface area (Å²) in [4.78, 5) is 43.7. The second-order valence-corrected chi connectivity index (χ2v) is 11.7. The Balaban J connectivity index is 1.36. The van der Waals surface area contributed by atoms with E-state index in [1.807, 2.05) is 24.3 Å². The van der Waals surface area contributed by atoms with Crippen LogP contribution < -0.4 is 5.32 Å². The van der Waals surface area contributed by atoms with Crippen LogP contribution in [-0.2, 0) is 10.2 Å². The number of benzene rings is 2. The van der Waals surface area contributed by atoms with E-state index in [2.05, 4.69) is 32.0 Å². The summed E-state index contributed by atoms with van der Waals surface area (Å²) in [5.41, 5.74) is 3.62. The van der Waals surface area contributed by atoms with Gasteiger partial charge in [0.25, 0.3) is 11.8 Å². The molecule has 2 fully saturated rings. The average Bonchev–Trinajstić information content (AvgIpc) is 3.31. The number of aromatic nitrogens is 4. The molecule has 2 aliphatic carbocycles. The lowest BCUT2D eigenvalue weighted by Crippen LogP contribution is -2.43. The highest BCUT2D eigenvalue weighted by atomic mass is 16.2. The number of nitrogens with one attached hydrogen (secondary N) is 2. The number of hydrogen-bond acceptors (Lipinski definition) is 8. The Hall–Kier alpha value is -4.63. The van der Waals surface area contributed by atoms with Crippen molar-refractivity contribution in [3.05, 3.63) is 64.5 Å². The number of nitriles is 1. The van der Waals surface area contributed by atoms with Crippen molar-refractivity contribution >= 4 is 17.7 Å². The Morgan fingerprint density at radius 1 is 1.02 bits per heavy atom. The Morgan fingerprint density at radius 2 is 1.64 bits per heavy atom. The van der Waals surface area contributed by atoms with E-state index in [1.165, 1.54) is 9.80 Å². The number of fused-ring (bicyclic) bond motifs is 4. The van der Waals surface area contributed by atoms with Crippen LogP contribution >= 0.6 is 0 Å². The predicted molar refractivity (Wildman–Crippen MR) is 152 cm³/mol. The van der Waals surface area contributed by atoms with Gasteiger partial charge in [-0.1, -0.05) is 17.3 Å². The van der Waals surface area contributed by atoms with Crippen LogP contribution in [0.15, 0.2) is 36.4 Å². The van der Waals surface area contributed by atoms with Crippen molar-refractivity contribution in [1.82, 2.24) is 40.6 Å². The number of H-pyrrole nitrogens is 1. The zero-order valence-electron chi connectivity index (χ0n) is 24.1. The van der Waals surface area contributed by atoms with E-state index in [-0.39, 0.29) is 36.3 Å². The SMILES string of the molecule is CN(C)C(=O)c1ccc2c(c1)-c1cc(C(=O)N(C)C)ccc1C2(CCNCC(=O)N1C(C#N)C[C@@H]2C[C@@H]21)c1nn[nH]n1. The molecule has 1 aliphatic heterocycles. The number of carbonyl (C=O) groups is 3. The largest absolute Gasteiger partial charge is 0.345 e. The number of likely N-dealkylation sites (tertiary alicyclic amines) is 1. The molecule has 1 unspecified atom stereocenters. The molecule has 3 atom stereocenters. The smallest absolute Gasteiger partial charge is 0.253 e. The van der Waals surface area contributed by atoms with Crippen LogP contribution in [-0.4, -0.2) is 106 Å². The number of piperidine rings is 1. The van der Waals surface area contributed by atoms with Crippen molar-refractivity contribution in [2.75, 3.05) is 41.3 Å². The van der Waals surface area contributed by atoms with Gasteiger partial charge in [-0.15, -0.1) is 10.2 Å². The third-order valence-corrected chi connectivity index (χ3v) is 8.78. The molecule has 2 aromatic carbocycles. The maximum Gasteiger partial charge on any atom is 0.253 e. The fraction of sp³-hybridized carbons (Fsp3) is 0.433. The average molecular weight is 568 g/mol. The highest BCUT2D eigenvalue weighted by molar-refractivity contribution is 5.99. The Kier molecular flexibility index (Phi) is 6.77. The number of tetrazole rings is 1. The number of aromatic amines is 1. The lowest BCUT2D eigenvalue weighted by Gasteiger charge is -2.29. The summed E-state index contributed by atoms with van der Waals surface area (Å²) in [6.45, 7) is 0.561. The summed E-state index contributed by atoms with van der Waals surface area (Å²) in [5.74, 6) is 0.588. The summed E-state index contributed by atoms with van der Waals surface area (Å²) in [7, 11) is 6.83. The molecule has 216 valence electrons. The lowest BCUT2D eigenvalue weighted by molar-refractivity contribution is -0.131. The molecule has 3 amide bonds. The minimum absolute atomic E-state index is 0.0638. The van der Waals surface area contributed by atoms with Gasteiger partial charge in [-0.3, -0.25) is 14.4 Å². The number of rotatable bonds is 8. The van der Waals surface area contributed by atoms with E-state index in [1.54, 1.807) is 45.2 Å². The molecule has 2 N–H and O–H groups in total. The molecule has 1 saturated carbocycles. The molecule has 1 aromatic heterocycles. The fourth-order valence-corrected chi connectivity index (χ4v) is 6.66. The summed E-state index contributed by atoms with van der Waals surface area (Å²) in [5, 5.41) is 28.1. The van der Waals surface area contributed by atoms with Crippen molar-refractivity contribution in [2.45, 2.75) is 36.8 Å². The van der Waals surface area contributed by atoms with Crippen LogP contribution in [0.3, 0.4) is 0 Å². The number of hydrogen-bond donors (Lipinski definition) is 2. The summed E-state index contributed by atoms with van der Waals surface area (Å²) in [6, 6.07) is 13.3. The molecular weight excluding hydrogens is 534 g/mol. The van der Waals surface area contributed by atoms with Gasteiger partial charge in [0.2, 0.25) is 5.91 Å². The van der Waals surface area contributed by atoms with Gasteiger partial charge in [-0.05, 0) is 78.2 Å². The highest BCUT2D eigenvalue weighted by Gasteiger charge is 2.54. The Morgan fingerprint density at radius 3 is 2.17 bits per heavy atom. The number of carbonyl (C=O) groups excluding carboxylic acids is 3. The van der Waals surface area contributed by atoms with E-state index in [4.69, 9.17) is 0 Å². The molecule has 6 rings (SSSR count). The van der Waals surface area contributed by atoms with E-state index < -0.39 is 5.41 Å². The van der Waals surface area contributed by atoms with Crippen LogP contribution in [0, 0.1) is 17.2 Å². The maximum absolute atomic E-state index is 13.1. The standard InChI is InChI=1S/C30H33N9O3/c1-37(2)27(41)17-5-7-23-21(12-17)22-13-18(28(42)38(3)4)6-8-24(22)30(23,29-33-35-36-34-29)9-10-32-16-26(40)39-20(15-31)11-19-14-25(19)39/h5-8,12-13,19-20,25,32H,9-11,14,16H2,1-4H3,(H,33,34,35,36)/t19-,20?,25+/m1/s1. The van der Waals surface area contributed by atoms with Crippen molar-refractivity contribution in [2.24, 2.45) is 5.92 Å². The molecule has 42 heavy (non-hydrogen) atoms. The molecular formula is C30H33N9O3. The molecule has 0 spiro atoms. The third kappa shape index (κ3) is 4.32. The fourth-order valence-electron chi connectivity index (χ4n) is 6.66. The van der Waals surface area contributed by atoms with Crippen LogP contribution in [0.4, 0.5) is 0 Å². The molecule has 1 saturated heterocycles. The van der Waals surface area contributed by atoms with Gasteiger partial charge in [0.15, 0.2) is 5.82 Å². The Labute approximate surface area is 243 Å². The van der Waals surface area contributed by atoms with Crippen molar-refractivity contribution in [1.29, 1.82) is 5.26 Å². The first-order valence-electron chi connectivity index (χ1n) is 14.1. The lowest BCUT2D eigenvalue weighted by atomic mass is 9.74. The number of nitrogens with zero attached hydrogens (tertiary/aromatic N) is 7. The number of amides is 3. The second-order valence-electron chi connectivity index (χ2n) is 11.7. The monoisotopic (exact) mass is 567 g/mol. The van der Waals surface area contributed by atoms with Crippen LogP contribution in [0.1, 0.15) is 56.9 Å². The highest BCUT2D eigenvalue weighted by Crippen LogP contribution is 2.54. The van der Waals surface area contributed by atoms with Gasteiger partial charge in [-0.2, -0.15) is 10.5 Å². The summed E-state index contributed by atoms with van der Waals surface area (Å²) in [6.07, 6.45) is 2.22. The molecule has 12 heteroatoms. The van der Waals surface area contributed by atoms with Gasteiger partial charge in [0.1, 0.15) is 6.04 Å². The van der Waals surface area contributed by atoms with Gasteiger partial charge in [0, 0.05) is 45.4 Å². The van der Waals surface area contributed by atoms with Gasteiger partial charge in [0.05, 0.1) is 18.0 Å². The summed E-state index contributed by atoms with van der Waals surface area (Å²) >= 11 is 0. The first-order valence-corrected chi connectivity index (χ1v) is 14.1. The Bertz CT molecular complexity index is 1540. The third-order valence-electron chi connectivity index (χ3n) is 8.78. The first kappa shape index (κ1) is 27.5. The van der Waals surface area contributed by atoms with Crippen LogP contribution in [0.5, 0.6) is 0 Å². The van der Waals surface area contributed by atoms with Gasteiger partial charge >= 0.3 is 0 Å². The van der Waals surface area contributed by atoms with E-state index in [0.29, 0.717) is 35.8 Å². The molecule has 2 heterocycles. The van der Waals surface area contributed by atoms with Crippen molar-refractivity contribution in [3.63, 3.8) is 0 Å². The minimum atomic E-state index is -0.850. The zero-order valence-corrected chi connectivity index (χ0v) is 24.1. The maximum atomic E-state index is 13.1. The molecule has 3 aliphatic rings. The molecule has 3 aromatic rings. The van der Waals surface area contributed by atoms with Crippen LogP contribution in [0.25, 0.3) is 11.1 Å². The van der Waals surface area contributed by atoms with E-state index >= 15 is 0 Å². The second kappa shape index (κ2) is 10.3. The molecule has 0 radical (unpaired) electrons. The van der Waals surface area contributed by atoms with Gasteiger partial charge in [-0.25, -0.2) is 0 Å². The van der Waals surface area contributed by atoms with E-state index in [9.17, 15) is 19.6 Å². The topological polar surface area (TPSA) is 151 Å². The predicted octanol–water partition coefficient (Wildman–Crippen LogP) is 1.41. The molecule has 0 bridgehead atoms. The normalized spacial score (nSPS) is 20.7. The quantitative estimate of drug-likeness (QED) is 0.388. The summed E-state index contributed by atoms with van der Waals surface area (Å²) < 4.78 is 0.